The number of rotatable bonds is 4. The summed E-state index contributed by atoms with van der Waals surface area (Å²) in [6, 6.07) is 8.91. The average molecular weight is 233 g/mol. The van der Waals surface area contributed by atoms with E-state index in [4.69, 9.17) is 5.73 Å². The fraction of sp³-hybridized carbons (Fsp3) is 0.429. The van der Waals surface area contributed by atoms with Crippen molar-refractivity contribution in [2.24, 2.45) is 11.7 Å². The molecule has 2 atom stereocenters. The number of hydrogen-bond donors (Lipinski definition) is 1. The van der Waals surface area contributed by atoms with Gasteiger partial charge in [-0.15, -0.1) is 11.3 Å². The summed E-state index contributed by atoms with van der Waals surface area (Å²) in [7, 11) is 0. The van der Waals surface area contributed by atoms with Crippen molar-refractivity contribution in [2.45, 2.75) is 32.7 Å². The molecule has 0 aliphatic carbocycles. The van der Waals surface area contributed by atoms with Crippen molar-refractivity contribution in [2.75, 3.05) is 0 Å². The molecule has 2 aromatic rings. The van der Waals surface area contributed by atoms with E-state index in [1.54, 1.807) is 0 Å². The van der Waals surface area contributed by atoms with Crippen LogP contribution in [0.25, 0.3) is 10.1 Å². The monoisotopic (exact) mass is 233 g/mol. The molecule has 2 heteroatoms. The Morgan fingerprint density at radius 3 is 2.75 bits per heavy atom. The van der Waals surface area contributed by atoms with Gasteiger partial charge in [0.15, 0.2) is 0 Å². The lowest BCUT2D eigenvalue weighted by Crippen LogP contribution is -2.27. The summed E-state index contributed by atoms with van der Waals surface area (Å²) in [5, 5.41) is 3.70. The molecule has 1 heterocycles. The Hall–Kier alpha value is -0.860. The van der Waals surface area contributed by atoms with E-state index in [1.165, 1.54) is 15.6 Å². The second-order valence-electron chi connectivity index (χ2n) is 4.49. The van der Waals surface area contributed by atoms with Crippen LogP contribution in [0.3, 0.4) is 0 Å². The maximum absolute atomic E-state index is 6.01. The molecule has 0 radical (unpaired) electrons. The first-order valence-corrected chi connectivity index (χ1v) is 6.81. The van der Waals surface area contributed by atoms with Gasteiger partial charge in [0.2, 0.25) is 0 Å². The van der Waals surface area contributed by atoms with E-state index >= 15 is 0 Å². The summed E-state index contributed by atoms with van der Waals surface area (Å²) in [6.07, 6.45) is 2.26. The van der Waals surface area contributed by atoms with Gasteiger partial charge in [-0.2, -0.15) is 0 Å². The average Bonchev–Trinajstić information content (AvgIpc) is 2.69. The topological polar surface area (TPSA) is 26.0 Å². The van der Waals surface area contributed by atoms with Crippen LogP contribution in [-0.4, -0.2) is 6.04 Å². The van der Waals surface area contributed by atoms with Crippen molar-refractivity contribution in [1.29, 1.82) is 0 Å². The van der Waals surface area contributed by atoms with Crippen LogP contribution in [-0.2, 0) is 6.42 Å². The highest BCUT2D eigenvalue weighted by Crippen LogP contribution is 2.28. The first-order valence-electron chi connectivity index (χ1n) is 5.93. The first-order chi connectivity index (χ1) is 7.72. The van der Waals surface area contributed by atoms with Crippen molar-refractivity contribution >= 4 is 21.4 Å². The quantitative estimate of drug-likeness (QED) is 0.853. The zero-order valence-corrected chi connectivity index (χ0v) is 10.8. The van der Waals surface area contributed by atoms with Gasteiger partial charge < -0.3 is 5.73 Å². The van der Waals surface area contributed by atoms with Crippen LogP contribution in [0.2, 0.25) is 0 Å². The summed E-state index contributed by atoms with van der Waals surface area (Å²) < 4.78 is 1.39. The van der Waals surface area contributed by atoms with Gasteiger partial charge in [0.1, 0.15) is 0 Å². The van der Waals surface area contributed by atoms with Crippen LogP contribution in [0.4, 0.5) is 0 Å². The van der Waals surface area contributed by atoms with Gasteiger partial charge in [-0.1, -0.05) is 31.5 Å². The van der Waals surface area contributed by atoms with E-state index in [-0.39, 0.29) is 6.04 Å². The molecule has 1 aromatic heterocycles. The van der Waals surface area contributed by atoms with Crippen LogP contribution >= 0.6 is 11.3 Å². The third-order valence-corrected chi connectivity index (χ3v) is 4.32. The second kappa shape index (κ2) is 4.98. The van der Waals surface area contributed by atoms with E-state index in [0.717, 1.165) is 12.8 Å². The zero-order valence-electron chi connectivity index (χ0n) is 9.94. The van der Waals surface area contributed by atoms with E-state index in [9.17, 15) is 0 Å². The molecule has 16 heavy (non-hydrogen) atoms. The molecule has 0 saturated heterocycles. The summed E-state index contributed by atoms with van der Waals surface area (Å²) in [4.78, 5) is 0. The van der Waals surface area contributed by atoms with Gasteiger partial charge in [0.25, 0.3) is 0 Å². The lowest BCUT2D eigenvalue weighted by molar-refractivity contribution is 0.429. The molecule has 0 aliphatic rings. The molecule has 1 nitrogen and oxygen atoms in total. The second-order valence-corrected chi connectivity index (χ2v) is 5.40. The van der Waals surface area contributed by atoms with Crippen LogP contribution in [0.5, 0.6) is 0 Å². The van der Waals surface area contributed by atoms with E-state index in [0.29, 0.717) is 5.92 Å². The molecule has 0 saturated carbocycles. The maximum Gasteiger partial charge on any atom is 0.0345 e. The summed E-state index contributed by atoms with van der Waals surface area (Å²) in [5.41, 5.74) is 7.47. The maximum atomic E-state index is 6.01. The van der Waals surface area contributed by atoms with Gasteiger partial charge >= 0.3 is 0 Å². The third kappa shape index (κ3) is 2.28. The molecule has 0 amide bonds. The number of benzene rings is 1. The molecule has 2 N–H and O–H groups in total. The molecule has 2 unspecified atom stereocenters. The first kappa shape index (κ1) is 11.6. The van der Waals surface area contributed by atoms with Crippen molar-refractivity contribution in [3.8, 4) is 0 Å². The number of thiophene rings is 1. The Kier molecular flexibility index (Phi) is 3.62. The Morgan fingerprint density at radius 1 is 1.31 bits per heavy atom. The lowest BCUT2D eigenvalue weighted by atomic mass is 9.91. The van der Waals surface area contributed by atoms with Crippen LogP contribution < -0.4 is 5.73 Å². The van der Waals surface area contributed by atoms with Crippen LogP contribution in [0.1, 0.15) is 25.8 Å². The predicted octanol–water partition coefficient (Wildman–Crippen LogP) is 3.82. The Morgan fingerprint density at radius 2 is 2.06 bits per heavy atom. The molecular weight excluding hydrogens is 214 g/mol. The molecule has 0 fully saturated rings. The molecule has 0 aliphatic heterocycles. The van der Waals surface area contributed by atoms with Crippen molar-refractivity contribution in [3.63, 3.8) is 0 Å². The zero-order chi connectivity index (χ0) is 11.5. The predicted molar refractivity (Wildman–Crippen MR) is 73.0 cm³/mol. The fourth-order valence-electron chi connectivity index (χ4n) is 2.18. The van der Waals surface area contributed by atoms with Gasteiger partial charge in [-0.05, 0) is 41.7 Å². The fourth-order valence-corrected chi connectivity index (χ4v) is 3.15. The SMILES string of the molecule is CCC(Cc1csc2ccccc12)C(C)N. The Labute approximate surface area is 101 Å². The molecule has 0 bridgehead atoms. The minimum Gasteiger partial charge on any atom is -0.328 e. The molecular formula is C14H19NS. The van der Waals surface area contributed by atoms with E-state index < -0.39 is 0 Å². The molecule has 1 aromatic carbocycles. The smallest absolute Gasteiger partial charge is 0.0345 e. The highest BCUT2D eigenvalue weighted by molar-refractivity contribution is 7.17. The van der Waals surface area contributed by atoms with Crippen LogP contribution in [0.15, 0.2) is 29.6 Å². The summed E-state index contributed by atoms with van der Waals surface area (Å²) >= 11 is 1.84. The van der Waals surface area contributed by atoms with Crippen LogP contribution in [0, 0.1) is 5.92 Å². The van der Waals surface area contributed by atoms with E-state index in [1.807, 2.05) is 11.3 Å². The number of hydrogen-bond acceptors (Lipinski definition) is 2. The van der Waals surface area contributed by atoms with Gasteiger partial charge in [-0.3, -0.25) is 0 Å². The lowest BCUT2D eigenvalue weighted by Gasteiger charge is -2.18. The third-order valence-electron chi connectivity index (χ3n) is 3.31. The minimum atomic E-state index is 0.281. The van der Waals surface area contributed by atoms with Gasteiger partial charge in [0, 0.05) is 10.7 Å². The van der Waals surface area contributed by atoms with Gasteiger partial charge in [-0.25, -0.2) is 0 Å². The molecule has 2 rings (SSSR count). The number of fused-ring (bicyclic) bond motifs is 1. The minimum absolute atomic E-state index is 0.281. The normalized spacial score (nSPS) is 15.2. The van der Waals surface area contributed by atoms with Crippen molar-refractivity contribution in [1.82, 2.24) is 0 Å². The highest BCUT2D eigenvalue weighted by atomic mass is 32.1. The van der Waals surface area contributed by atoms with Crippen molar-refractivity contribution < 1.29 is 0 Å². The Bertz CT molecular complexity index is 458. The standard InChI is InChI=1S/C14H19NS/c1-3-11(10(2)15)8-12-9-16-14-7-5-4-6-13(12)14/h4-7,9-11H,3,8,15H2,1-2H3. The summed E-state index contributed by atoms with van der Waals surface area (Å²) in [6.45, 7) is 4.34. The van der Waals surface area contributed by atoms with Gasteiger partial charge in [0.05, 0.1) is 0 Å². The number of nitrogens with two attached hydrogens (primary N) is 1. The summed E-state index contributed by atoms with van der Waals surface area (Å²) in [5.74, 6) is 0.595. The Balaban J connectivity index is 2.27. The van der Waals surface area contributed by atoms with Crippen molar-refractivity contribution in [3.05, 3.63) is 35.2 Å². The largest absolute Gasteiger partial charge is 0.328 e. The molecule has 86 valence electrons. The molecule has 0 spiro atoms. The highest BCUT2D eigenvalue weighted by Gasteiger charge is 2.14. The van der Waals surface area contributed by atoms with E-state index in [2.05, 4.69) is 43.5 Å².